The molecule has 0 spiro atoms. The number of rotatable bonds is 4. The molecule has 4 rings (SSSR count). The summed E-state index contributed by atoms with van der Waals surface area (Å²) in [6.07, 6.45) is 11.5. The van der Waals surface area contributed by atoms with Gasteiger partial charge in [-0.05, 0) is 74.5 Å². The van der Waals surface area contributed by atoms with E-state index in [1.165, 1.54) is 12.8 Å². The first-order valence-electron chi connectivity index (χ1n) is 6.97. The molecule has 0 aromatic carbocycles. The Kier molecular flexibility index (Phi) is 2.76. The minimum Gasteiger partial charge on any atom is -0.396 e. The Morgan fingerprint density at radius 2 is 1.40 bits per heavy atom. The number of hydrogen-bond donors (Lipinski definition) is 1. The quantitative estimate of drug-likeness (QED) is 0.703. The zero-order valence-electron chi connectivity index (χ0n) is 9.70. The molecule has 0 radical (unpaired) electrons. The third kappa shape index (κ3) is 1.84. The fraction of sp³-hybridized carbons (Fsp3) is 1.00. The number of aliphatic hydroxyl groups is 1. The van der Waals surface area contributed by atoms with Gasteiger partial charge in [0, 0.05) is 6.61 Å². The Balaban J connectivity index is 1.60. The molecule has 1 nitrogen and oxygen atoms in total. The van der Waals surface area contributed by atoms with Crippen LogP contribution >= 0.6 is 0 Å². The molecule has 4 aliphatic carbocycles. The van der Waals surface area contributed by atoms with Gasteiger partial charge in [0.25, 0.3) is 0 Å². The maximum Gasteiger partial charge on any atom is 0.0431 e. The highest BCUT2D eigenvalue weighted by Gasteiger charge is 2.47. The van der Waals surface area contributed by atoms with E-state index in [-0.39, 0.29) is 0 Å². The SMILES string of the molecule is OCCCCC1C2CC3CC(C2)CC1C3. The Bertz CT molecular complexity index is 195. The van der Waals surface area contributed by atoms with Crippen LogP contribution in [-0.2, 0) is 0 Å². The van der Waals surface area contributed by atoms with Gasteiger partial charge in [-0.3, -0.25) is 0 Å². The summed E-state index contributed by atoms with van der Waals surface area (Å²) in [5.74, 6) is 5.44. The van der Waals surface area contributed by atoms with Gasteiger partial charge in [0.05, 0.1) is 0 Å². The molecule has 1 N–H and O–H groups in total. The van der Waals surface area contributed by atoms with Crippen molar-refractivity contribution in [1.82, 2.24) is 0 Å². The Morgan fingerprint density at radius 3 is 1.93 bits per heavy atom. The molecule has 4 saturated carbocycles. The highest BCUT2D eigenvalue weighted by Crippen LogP contribution is 2.57. The first-order valence-corrected chi connectivity index (χ1v) is 6.97. The summed E-state index contributed by atoms with van der Waals surface area (Å²) in [7, 11) is 0. The summed E-state index contributed by atoms with van der Waals surface area (Å²) in [6.45, 7) is 0.396. The normalized spacial score (nSPS) is 47.4. The lowest BCUT2D eigenvalue weighted by Gasteiger charge is -2.54. The third-order valence-electron chi connectivity index (χ3n) is 5.37. The Labute approximate surface area is 93.3 Å². The molecule has 86 valence electrons. The van der Waals surface area contributed by atoms with Crippen molar-refractivity contribution >= 4 is 0 Å². The van der Waals surface area contributed by atoms with Crippen molar-refractivity contribution in [2.45, 2.75) is 51.4 Å². The van der Waals surface area contributed by atoms with Crippen LogP contribution in [0.4, 0.5) is 0 Å². The van der Waals surface area contributed by atoms with E-state index in [0.29, 0.717) is 6.61 Å². The van der Waals surface area contributed by atoms with E-state index in [1.54, 1.807) is 32.1 Å². The second-order valence-corrected chi connectivity index (χ2v) is 6.31. The zero-order valence-corrected chi connectivity index (χ0v) is 9.70. The first-order chi connectivity index (χ1) is 7.36. The van der Waals surface area contributed by atoms with Gasteiger partial charge in [-0.1, -0.05) is 6.42 Å². The van der Waals surface area contributed by atoms with Crippen LogP contribution in [0.15, 0.2) is 0 Å². The molecular formula is C14H24O. The van der Waals surface area contributed by atoms with Crippen LogP contribution in [-0.4, -0.2) is 11.7 Å². The van der Waals surface area contributed by atoms with Crippen LogP contribution in [0.25, 0.3) is 0 Å². The van der Waals surface area contributed by atoms with Crippen molar-refractivity contribution in [3.05, 3.63) is 0 Å². The molecule has 4 aliphatic rings. The summed E-state index contributed by atoms with van der Waals surface area (Å²) in [6, 6.07) is 0. The lowest BCUT2D eigenvalue weighted by Crippen LogP contribution is -2.44. The van der Waals surface area contributed by atoms with Crippen molar-refractivity contribution in [2.24, 2.45) is 29.6 Å². The molecule has 15 heavy (non-hydrogen) atoms. The van der Waals surface area contributed by atoms with Gasteiger partial charge in [-0.15, -0.1) is 0 Å². The van der Waals surface area contributed by atoms with Gasteiger partial charge >= 0.3 is 0 Å². The van der Waals surface area contributed by atoms with Crippen molar-refractivity contribution in [3.63, 3.8) is 0 Å². The van der Waals surface area contributed by atoms with E-state index < -0.39 is 0 Å². The van der Waals surface area contributed by atoms with E-state index in [1.807, 2.05) is 0 Å². The largest absolute Gasteiger partial charge is 0.396 e. The average molecular weight is 208 g/mol. The lowest BCUT2D eigenvalue weighted by atomic mass is 9.51. The van der Waals surface area contributed by atoms with Crippen molar-refractivity contribution in [1.29, 1.82) is 0 Å². The summed E-state index contributed by atoms with van der Waals surface area (Å²) < 4.78 is 0. The summed E-state index contributed by atoms with van der Waals surface area (Å²) in [4.78, 5) is 0. The van der Waals surface area contributed by atoms with Gasteiger partial charge in [0.2, 0.25) is 0 Å². The molecule has 0 aliphatic heterocycles. The molecular weight excluding hydrogens is 184 g/mol. The molecule has 0 aromatic rings. The fourth-order valence-corrected chi connectivity index (χ4v) is 5.00. The van der Waals surface area contributed by atoms with E-state index in [0.717, 1.165) is 36.0 Å². The van der Waals surface area contributed by atoms with Gasteiger partial charge in [-0.25, -0.2) is 0 Å². The van der Waals surface area contributed by atoms with Crippen LogP contribution in [0, 0.1) is 29.6 Å². The minimum absolute atomic E-state index is 0.396. The van der Waals surface area contributed by atoms with Crippen LogP contribution in [0.1, 0.15) is 51.4 Å². The minimum atomic E-state index is 0.396. The zero-order chi connectivity index (χ0) is 10.3. The fourth-order valence-electron chi connectivity index (χ4n) is 5.00. The monoisotopic (exact) mass is 208 g/mol. The van der Waals surface area contributed by atoms with Crippen LogP contribution < -0.4 is 0 Å². The topological polar surface area (TPSA) is 20.2 Å². The average Bonchev–Trinajstić information content (AvgIpc) is 2.21. The van der Waals surface area contributed by atoms with Gasteiger partial charge in [0.15, 0.2) is 0 Å². The molecule has 0 amide bonds. The maximum absolute atomic E-state index is 8.85. The van der Waals surface area contributed by atoms with Crippen molar-refractivity contribution in [3.8, 4) is 0 Å². The molecule has 0 aromatic heterocycles. The van der Waals surface area contributed by atoms with Crippen molar-refractivity contribution in [2.75, 3.05) is 6.61 Å². The summed E-state index contributed by atoms with van der Waals surface area (Å²) in [5, 5.41) is 8.85. The highest BCUT2D eigenvalue weighted by atomic mass is 16.2. The molecule has 0 saturated heterocycles. The van der Waals surface area contributed by atoms with Crippen LogP contribution in [0.2, 0.25) is 0 Å². The van der Waals surface area contributed by atoms with Gasteiger partial charge in [-0.2, -0.15) is 0 Å². The first kappa shape index (κ1) is 10.1. The smallest absolute Gasteiger partial charge is 0.0431 e. The predicted molar refractivity (Wildman–Crippen MR) is 61.5 cm³/mol. The number of unbranched alkanes of at least 4 members (excludes halogenated alkanes) is 1. The highest BCUT2D eigenvalue weighted by molar-refractivity contribution is 4.97. The third-order valence-corrected chi connectivity index (χ3v) is 5.37. The molecule has 0 atom stereocenters. The van der Waals surface area contributed by atoms with Crippen LogP contribution in [0.5, 0.6) is 0 Å². The second-order valence-electron chi connectivity index (χ2n) is 6.31. The lowest BCUT2D eigenvalue weighted by molar-refractivity contribution is -0.0407. The standard InChI is InChI=1S/C14H24O/c15-4-2-1-3-14-12-6-10-5-11(8-12)9-13(14)7-10/h10-15H,1-9H2. The molecule has 4 fully saturated rings. The summed E-state index contributed by atoms with van der Waals surface area (Å²) >= 11 is 0. The Morgan fingerprint density at radius 1 is 0.800 bits per heavy atom. The Hall–Kier alpha value is -0.0400. The second kappa shape index (κ2) is 4.08. The summed E-state index contributed by atoms with van der Waals surface area (Å²) in [5.41, 5.74) is 0. The number of hydrogen-bond acceptors (Lipinski definition) is 1. The molecule has 0 heterocycles. The molecule has 4 bridgehead atoms. The van der Waals surface area contributed by atoms with E-state index in [4.69, 9.17) is 5.11 Å². The molecule has 0 unspecified atom stereocenters. The number of aliphatic hydroxyl groups excluding tert-OH is 1. The van der Waals surface area contributed by atoms with E-state index in [9.17, 15) is 0 Å². The van der Waals surface area contributed by atoms with Crippen LogP contribution in [0.3, 0.4) is 0 Å². The van der Waals surface area contributed by atoms with E-state index in [2.05, 4.69) is 0 Å². The predicted octanol–water partition coefficient (Wildman–Crippen LogP) is 3.22. The van der Waals surface area contributed by atoms with E-state index >= 15 is 0 Å². The maximum atomic E-state index is 8.85. The van der Waals surface area contributed by atoms with Gasteiger partial charge in [0.1, 0.15) is 0 Å². The van der Waals surface area contributed by atoms with Gasteiger partial charge < -0.3 is 5.11 Å². The molecule has 1 heteroatoms. The van der Waals surface area contributed by atoms with Crippen molar-refractivity contribution < 1.29 is 5.11 Å².